The minimum absolute atomic E-state index is 0.654. The number of anilines is 2. The van der Waals surface area contributed by atoms with Gasteiger partial charge in [0.25, 0.3) is 0 Å². The van der Waals surface area contributed by atoms with Crippen molar-refractivity contribution in [2.24, 2.45) is 0 Å². The van der Waals surface area contributed by atoms with Crippen molar-refractivity contribution in [2.75, 3.05) is 36.4 Å². The van der Waals surface area contributed by atoms with Gasteiger partial charge in [-0.05, 0) is 36.5 Å². The summed E-state index contributed by atoms with van der Waals surface area (Å²) in [6.45, 7) is 3.25. The molecule has 2 aromatic carbocycles. The molecule has 2 aromatic rings. The topological polar surface area (TPSA) is 42.3 Å². The van der Waals surface area contributed by atoms with Crippen LogP contribution in [0.1, 0.15) is 5.56 Å². The van der Waals surface area contributed by atoms with E-state index < -0.39 is 0 Å². The van der Waals surface area contributed by atoms with Crippen LogP contribution in [-0.2, 0) is 0 Å². The Kier molecular flexibility index (Phi) is 5.19. The summed E-state index contributed by atoms with van der Waals surface area (Å²) in [7, 11) is 0. The van der Waals surface area contributed by atoms with Gasteiger partial charge in [0.15, 0.2) is 5.11 Å². The maximum atomic E-state index is 9.25. The zero-order valence-corrected chi connectivity index (χ0v) is 14.6. The van der Waals surface area contributed by atoms with Gasteiger partial charge in [0, 0.05) is 26.2 Å². The molecule has 0 bridgehead atoms. The number of piperazine rings is 1. The van der Waals surface area contributed by atoms with Gasteiger partial charge in [-0.1, -0.05) is 35.9 Å². The molecule has 3 rings (SSSR count). The van der Waals surface area contributed by atoms with Gasteiger partial charge >= 0.3 is 0 Å². The molecule has 0 unspecified atom stereocenters. The fourth-order valence-corrected chi connectivity index (χ4v) is 3.23. The number of para-hydroxylation sites is 2. The highest BCUT2D eigenvalue weighted by Crippen LogP contribution is 2.23. The van der Waals surface area contributed by atoms with Crippen molar-refractivity contribution in [3.63, 3.8) is 0 Å². The number of benzene rings is 2. The lowest BCUT2D eigenvalue weighted by atomic mass is 10.1. The minimum Gasteiger partial charge on any atom is -0.367 e. The third-order valence-electron chi connectivity index (χ3n) is 4.05. The van der Waals surface area contributed by atoms with Crippen LogP contribution < -0.4 is 10.2 Å². The van der Waals surface area contributed by atoms with Crippen molar-refractivity contribution < 1.29 is 0 Å². The lowest BCUT2D eigenvalue weighted by molar-refractivity contribution is 0.391. The Balaban J connectivity index is 1.62. The second kappa shape index (κ2) is 7.52. The highest BCUT2D eigenvalue weighted by Gasteiger charge is 2.21. The molecule has 1 fully saturated rings. The van der Waals surface area contributed by atoms with E-state index in [1.807, 2.05) is 48.5 Å². The molecule has 24 heavy (non-hydrogen) atoms. The Morgan fingerprint density at radius 3 is 2.42 bits per heavy atom. The molecular formula is C18H17ClN4S. The van der Waals surface area contributed by atoms with Gasteiger partial charge in [-0.2, -0.15) is 5.26 Å². The van der Waals surface area contributed by atoms with Crippen LogP contribution >= 0.6 is 23.8 Å². The second-order valence-corrected chi connectivity index (χ2v) is 6.31. The normalized spacial score (nSPS) is 14.2. The molecule has 122 valence electrons. The van der Waals surface area contributed by atoms with Crippen molar-refractivity contribution in [3.8, 4) is 6.07 Å². The van der Waals surface area contributed by atoms with Crippen molar-refractivity contribution in [3.05, 3.63) is 59.1 Å². The SMILES string of the molecule is N#Cc1ccccc1N1CCN(C(=S)Nc2ccccc2Cl)CC1. The molecule has 0 aromatic heterocycles. The van der Waals surface area contributed by atoms with Crippen LogP contribution in [-0.4, -0.2) is 36.2 Å². The van der Waals surface area contributed by atoms with Crippen LogP contribution in [0.2, 0.25) is 5.02 Å². The zero-order valence-electron chi connectivity index (χ0n) is 13.1. The lowest BCUT2D eigenvalue weighted by Crippen LogP contribution is -2.50. The molecule has 0 radical (unpaired) electrons. The number of hydrogen-bond acceptors (Lipinski definition) is 3. The van der Waals surface area contributed by atoms with Crippen LogP contribution in [0.3, 0.4) is 0 Å². The second-order valence-electron chi connectivity index (χ2n) is 5.51. The number of thiocarbonyl (C=S) groups is 1. The van der Waals surface area contributed by atoms with E-state index in [2.05, 4.69) is 21.2 Å². The Hall–Kier alpha value is -2.29. The van der Waals surface area contributed by atoms with E-state index >= 15 is 0 Å². The lowest BCUT2D eigenvalue weighted by Gasteiger charge is -2.37. The van der Waals surface area contributed by atoms with Crippen molar-refractivity contribution in [1.29, 1.82) is 5.26 Å². The molecule has 0 spiro atoms. The summed E-state index contributed by atoms with van der Waals surface area (Å²) in [5.41, 5.74) is 2.52. The van der Waals surface area contributed by atoms with Crippen molar-refractivity contribution in [2.45, 2.75) is 0 Å². The van der Waals surface area contributed by atoms with Crippen LogP contribution in [0.5, 0.6) is 0 Å². The maximum Gasteiger partial charge on any atom is 0.173 e. The fourth-order valence-electron chi connectivity index (χ4n) is 2.75. The van der Waals surface area contributed by atoms with Crippen LogP contribution in [0.4, 0.5) is 11.4 Å². The molecule has 1 aliphatic heterocycles. The Bertz CT molecular complexity index is 779. The largest absolute Gasteiger partial charge is 0.367 e. The summed E-state index contributed by atoms with van der Waals surface area (Å²) in [6.07, 6.45) is 0. The van der Waals surface area contributed by atoms with Crippen molar-refractivity contribution >= 4 is 40.3 Å². The average molecular weight is 357 g/mol. The van der Waals surface area contributed by atoms with E-state index in [0.29, 0.717) is 15.7 Å². The maximum absolute atomic E-state index is 9.25. The van der Waals surface area contributed by atoms with Crippen LogP contribution in [0.15, 0.2) is 48.5 Å². The number of halogens is 1. The fraction of sp³-hybridized carbons (Fsp3) is 0.222. The van der Waals surface area contributed by atoms with Gasteiger partial charge in [-0.25, -0.2) is 0 Å². The van der Waals surface area contributed by atoms with E-state index in [0.717, 1.165) is 37.6 Å². The summed E-state index contributed by atoms with van der Waals surface area (Å²) in [6, 6.07) is 17.5. The van der Waals surface area contributed by atoms with Gasteiger partial charge in [0.2, 0.25) is 0 Å². The minimum atomic E-state index is 0.654. The Morgan fingerprint density at radius 1 is 1.04 bits per heavy atom. The molecule has 1 heterocycles. The van der Waals surface area contributed by atoms with Gasteiger partial charge in [-0.3, -0.25) is 0 Å². The zero-order chi connectivity index (χ0) is 16.9. The Labute approximate surface area is 152 Å². The summed E-state index contributed by atoms with van der Waals surface area (Å²) in [4.78, 5) is 4.36. The van der Waals surface area contributed by atoms with Gasteiger partial charge < -0.3 is 15.1 Å². The summed E-state index contributed by atoms with van der Waals surface area (Å²) in [5.74, 6) is 0. The molecule has 6 heteroatoms. The Morgan fingerprint density at radius 2 is 1.71 bits per heavy atom. The van der Waals surface area contributed by atoms with Gasteiger partial charge in [0.1, 0.15) is 6.07 Å². The number of rotatable bonds is 2. The van der Waals surface area contributed by atoms with Crippen LogP contribution in [0.25, 0.3) is 0 Å². The predicted molar refractivity (Wildman–Crippen MR) is 103 cm³/mol. The summed E-state index contributed by atoms with van der Waals surface area (Å²) >= 11 is 11.7. The average Bonchev–Trinajstić information content (AvgIpc) is 2.63. The number of nitriles is 1. The monoisotopic (exact) mass is 356 g/mol. The van der Waals surface area contributed by atoms with E-state index in [1.165, 1.54) is 0 Å². The molecule has 1 aliphatic rings. The first-order chi connectivity index (χ1) is 11.7. The molecule has 1 saturated heterocycles. The van der Waals surface area contributed by atoms with Gasteiger partial charge in [-0.15, -0.1) is 0 Å². The molecule has 0 saturated carbocycles. The molecule has 0 atom stereocenters. The van der Waals surface area contributed by atoms with E-state index in [4.69, 9.17) is 23.8 Å². The standard InChI is InChI=1S/C18H17ClN4S/c19-15-6-2-3-7-16(15)21-18(24)23-11-9-22(10-12-23)17-8-4-1-5-14(17)13-20/h1-8H,9-12H2,(H,21,24). The molecular weight excluding hydrogens is 340 g/mol. The third-order valence-corrected chi connectivity index (χ3v) is 4.74. The number of nitrogens with zero attached hydrogens (tertiary/aromatic N) is 3. The predicted octanol–water partition coefficient (Wildman–Crippen LogP) is 3.73. The van der Waals surface area contributed by atoms with Crippen LogP contribution in [0, 0.1) is 11.3 Å². The summed E-state index contributed by atoms with van der Waals surface area (Å²) in [5, 5.41) is 13.8. The molecule has 4 nitrogen and oxygen atoms in total. The molecule has 0 aliphatic carbocycles. The highest BCUT2D eigenvalue weighted by molar-refractivity contribution is 7.80. The van der Waals surface area contributed by atoms with E-state index in [1.54, 1.807) is 0 Å². The van der Waals surface area contributed by atoms with E-state index in [-0.39, 0.29) is 0 Å². The summed E-state index contributed by atoms with van der Waals surface area (Å²) < 4.78 is 0. The third kappa shape index (κ3) is 3.61. The molecule has 0 amide bonds. The van der Waals surface area contributed by atoms with E-state index in [9.17, 15) is 5.26 Å². The first-order valence-electron chi connectivity index (χ1n) is 7.73. The quantitative estimate of drug-likeness (QED) is 0.830. The number of hydrogen-bond donors (Lipinski definition) is 1. The first-order valence-corrected chi connectivity index (χ1v) is 8.52. The smallest absolute Gasteiger partial charge is 0.173 e. The number of nitrogens with one attached hydrogen (secondary N) is 1. The van der Waals surface area contributed by atoms with Crippen molar-refractivity contribution in [1.82, 2.24) is 4.90 Å². The highest BCUT2D eigenvalue weighted by atomic mass is 35.5. The van der Waals surface area contributed by atoms with Gasteiger partial charge in [0.05, 0.1) is 22.0 Å². The first kappa shape index (κ1) is 16.6. The molecule has 1 N–H and O–H groups in total.